The predicted octanol–water partition coefficient (Wildman–Crippen LogP) is 4.89. The van der Waals surface area contributed by atoms with E-state index >= 15 is 0 Å². The van der Waals surface area contributed by atoms with Gasteiger partial charge in [0.1, 0.15) is 21.9 Å². The number of rotatable bonds is 4. The van der Waals surface area contributed by atoms with Crippen LogP contribution in [-0.2, 0) is 17.9 Å². The molecule has 5 nitrogen and oxygen atoms in total. The number of halogens is 1. The molecular formula is C25H22FN3O2S. The lowest BCUT2D eigenvalue weighted by Crippen LogP contribution is -2.64. The summed E-state index contributed by atoms with van der Waals surface area (Å²) in [6.07, 6.45) is 0. The topological polar surface area (TPSA) is 54.3 Å². The Kier molecular flexibility index (Phi) is 4.86. The number of hydrogen-bond acceptors (Lipinski definition) is 3. The molecule has 0 fully saturated rings. The van der Waals surface area contributed by atoms with Crippen molar-refractivity contribution in [3.63, 3.8) is 0 Å². The summed E-state index contributed by atoms with van der Waals surface area (Å²) in [5, 5.41) is 5.95. The zero-order valence-electron chi connectivity index (χ0n) is 17.8. The van der Waals surface area contributed by atoms with E-state index in [4.69, 9.17) is 0 Å². The van der Waals surface area contributed by atoms with Crippen LogP contribution in [0.1, 0.15) is 28.5 Å². The molecule has 162 valence electrons. The van der Waals surface area contributed by atoms with E-state index in [1.54, 1.807) is 35.3 Å². The van der Waals surface area contributed by atoms with Gasteiger partial charge in [0.05, 0.1) is 6.54 Å². The summed E-state index contributed by atoms with van der Waals surface area (Å²) in [4.78, 5) is 29.8. The van der Waals surface area contributed by atoms with E-state index in [-0.39, 0.29) is 24.2 Å². The number of fused-ring (bicyclic) bond motifs is 3. The van der Waals surface area contributed by atoms with Crippen LogP contribution in [0.2, 0.25) is 0 Å². The first-order chi connectivity index (χ1) is 15.4. The second kappa shape index (κ2) is 7.60. The highest BCUT2D eigenvalue weighted by Gasteiger charge is 2.48. The van der Waals surface area contributed by atoms with Crippen molar-refractivity contribution in [3.05, 3.63) is 88.7 Å². The second-order valence-corrected chi connectivity index (χ2v) is 9.25. The minimum absolute atomic E-state index is 0.206. The first-order valence-corrected chi connectivity index (χ1v) is 11.3. The van der Waals surface area contributed by atoms with Crippen LogP contribution in [0.4, 0.5) is 10.1 Å². The van der Waals surface area contributed by atoms with Gasteiger partial charge in [-0.15, -0.1) is 11.3 Å². The van der Waals surface area contributed by atoms with Crippen LogP contribution in [0.15, 0.2) is 66.0 Å². The van der Waals surface area contributed by atoms with E-state index in [9.17, 15) is 14.0 Å². The van der Waals surface area contributed by atoms with Gasteiger partial charge >= 0.3 is 0 Å². The number of nitrogens with zero attached hydrogens (tertiary/aromatic N) is 2. The summed E-state index contributed by atoms with van der Waals surface area (Å²) >= 11 is 1.56. The van der Waals surface area contributed by atoms with E-state index < -0.39 is 5.54 Å². The fourth-order valence-electron chi connectivity index (χ4n) is 4.27. The molecule has 1 N–H and O–H groups in total. The normalized spacial score (nSPS) is 18.1. The van der Waals surface area contributed by atoms with Gasteiger partial charge in [-0.3, -0.25) is 14.5 Å². The lowest BCUT2D eigenvalue weighted by molar-refractivity contribution is -0.126. The molecule has 7 heteroatoms. The maximum absolute atomic E-state index is 13.7. The Morgan fingerprint density at radius 2 is 1.84 bits per heavy atom. The summed E-state index contributed by atoms with van der Waals surface area (Å²) in [6.45, 7) is 4.36. The number of carbonyl (C=O) groups is 2. The highest BCUT2D eigenvalue weighted by Crippen LogP contribution is 2.37. The minimum Gasteiger partial charge on any atom is -0.350 e. The monoisotopic (exact) mass is 447 g/mol. The van der Waals surface area contributed by atoms with Crippen molar-refractivity contribution in [1.29, 1.82) is 0 Å². The lowest BCUT2D eigenvalue weighted by Gasteiger charge is -2.44. The Balaban J connectivity index is 1.55. The second-order valence-electron chi connectivity index (χ2n) is 8.36. The Labute approximate surface area is 189 Å². The molecule has 0 bridgehead atoms. The molecule has 0 unspecified atom stereocenters. The van der Waals surface area contributed by atoms with Gasteiger partial charge in [-0.25, -0.2) is 4.39 Å². The van der Waals surface area contributed by atoms with Crippen molar-refractivity contribution in [2.75, 3.05) is 4.90 Å². The van der Waals surface area contributed by atoms with Gasteiger partial charge in [-0.1, -0.05) is 29.8 Å². The third-order valence-corrected chi connectivity index (χ3v) is 6.98. The standard InChI is InChI=1S/C25H22FN3O2S/c1-16-3-9-20(10-4-16)29-22(30)21-13-18-11-12-32-23(18)28(21)15-25(29,2)24(31)27-14-17-5-7-19(26)8-6-17/h3-13H,14-15H2,1-2H3,(H,27,31)/t25-/m0/s1. The smallest absolute Gasteiger partial charge is 0.275 e. The molecule has 2 amide bonds. The fraction of sp³-hybridized carbons (Fsp3) is 0.200. The number of carbonyl (C=O) groups excluding carboxylic acids is 2. The molecule has 0 saturated heterocycles. The van der Waals surface area contributed by atoms with E-state index in [1.807, 2.05) is 53.3 Å². The maximum atomic E-state index is 13.7. The highest BCUT2D eigenvalue weighted by atomic mass is 32.1. The number of hydrogen-bond donors (Lipinski definition) is 1. The molecule has 1 aliphatic rings. The number of nitrogens with one attached hydrogen (secondary N) is 1. The predicted molar refractivity (Wildman–Crippen MR) is 124 cm³/mol. The molecule has 4 aromatic rings. The third kappa shape index (κ3) is 3.29. The van der Waals surface area contributed by atoms with Gasteiger partial charge in [0, 0.05) is 17.6 Å². The molecule has 0 saturated carbocycles. The molecular weight excluding hydrogens is 425 g/mol. The van der Waals surface area contributed by atoms with E-state index in [1.165, 1.54) is 12.1 Å². The van der Waals surface area contributed by atoms with Crippen molar-refractivity contribution >= 4 is 39.1 Å². The van der Waals surface area contributed by atoms with Gasteiger partial charge in [0.15, 0.2) is 0 Å². The van der Waals surface area contributed by atoms with Crippen molar-refractivity contribution < 1.29 is 14.0 Å². The average Bonchev–Trinajstić information content (AvgIpc) is 3.37. The van der Waals surface area contributed by atoms with Crippen LogP contribution in [0.3, 0.4) is 0 Å². The van der Waals surface area contributed by atoms with Gasteiger partial charge < -0.3 is 9.88 Å². The summed E-state index contributed by atoms with van der Waals surface area (Å²) in [7, 11) is 0. The Morgan fingerprint density at radius 3 is 2.56 bits per heavy atom. The Hall–Kier alpha value is -3.45. The number of anilines is 1. The van der Waals surface area contributed by atoms with E-state index in [2.05, 4.69) is 5.32 Å². The number of aromatic nitrogens is 1. The van der Waals surface area contributed by atoms with Gasteiger partial charge in [0.25, 0.3) is 5.91 Å². The molecule has 5 rings (SSSR count). The van der Waals surface area contributed by atoms with Crippen molar-refractivity contribution in [3.8, 4) is 0 Å². The quantitative estimate of drug-likeness (QED) is 0.485. The van der Waals surface area contributed by atoms with Gasteiger partial charge in [0.2, 0.25) is 5.91 Å². The minimum atomic E-state index is -1.14. The number of amides is 2. The molecule has 2 aromatic heterocycles. The maximum Gasteiger partial charge on any atom is 0.275 e. The summed E-state index contributed by atoms with van der Waals surface area (Å²) in [5.74, 6) is -0.793. The zero-order valence-corrected chi connectivity index (χ0v) is 18.6. The van der Waals surface area contributed by atoms with Gasteiger partial charge in [-0.2, -0.15) is 0 Å². The first-order valence-electron chi connectivity index (χ1n) is 10.4. The largest absolute Gasteiger partial charge is 0.350 e. The van der Waals surface area contributed by atoms with Crippen molar-refractivity contribution in [1.82, 2.24) is 9.88 Å². The molecule has 0 radical (unpaired) electrons. The summed E-state index contributed by atoms with van der Waals surface area (Å²) in [5.41, 5.74) is 1.97. The summed E-state index contributed by atoms with van der Waals surface area (Å²) in [6, 6.07) is 17.5. The molecule has 1 atom stereocenters. The van der Waals surface area contributed by atoms with Crippen LogP contribution in [0.25, 0.3) is 10.2 Å². The first kappa shape index (κ1) is 20.5. The molecule has 2 aromatic carbocycles. The van der Waals surface area contributed by atoms with Gasteiger partial charge in [-0.05, 0) is 61.2 Å². The van der Waals surface area contributed by atoms with Crippen LogP contribution < -0.4 is 10.2 Å². The molecule has 32 heavy (non-hydrogen) atoms. The highest BCUT2D eigenvalue weighted by molar-refractivity contribution is 7.16. The number of aryl methyl sites for hydroxylation is 1. The molecule has 3 heterocycles. The SMILES string of the molecule is Cc1ccc(N2C(=O)c3cc4ccsc4n3C[C@@]2(C)C(=O)NCc2ccc(F)cc2)cc1. The van der Waals surface area contributed by atoms with E-state index in [0.717, 1.165) is 21.3 Å². The number of benzene rings is 2. The lowest BCUT2D eigenvalue weighted by atomic mass is 9.93. The van der Waals surface area contributed by atoms with Crippen LogP contribution in [-0.4, -0.2) is 21.9 Å². The molecule has 0 aliphatic carbocycles. The number of thiophene rings is 1. The van der Waals surface area contributed by atoms with Crippen LogP contribution in [0.5, 0.6) is 0 Å². The van der Waals surface area contributed by atoms with Crippen LogP contribution >= 0.6 is 11.3 Å². The molecule has 1 aliphatic heterocycles. The van der Waals surface area contributed by atoms with Crippen molar-refractivity contribution in [2.45, 2.75) is 32.5 Å². The fourth-order valence-corrected chi connectivity index (χ4v) is 5.17. The summed E-state index contributed by atoms with van der Waals surface area (Å²) < 4.78 is 15.2. The van der Waals surface area contributed by atoms with Crippen molar-refractivity contribution in [2.24, 2.45) is 0 Å². The Bertz CT molecular complexity index is 1320. The van der Waals surface area contributed by atoms with E-state index in [0.29, 0.717) is 17.9 Å². The molecule has 0 spiro atoms. The average molecular weight is 448 g/mol. The third-order valence-electron chi connectivity index (χ3n) is 6.03. The zero-order chi connectivity index (χ0) is 22.5. The van der Waals surface area contributed by atoms with Crippen LogP contribution in [0, 0.1) is 12.7 Å². The Morgan fingerprint density at radius 1 is 1.12 bits per heavy atom.